The summed E-state index contributed by atoms with van der Waals surface area (Å²) in [5.41, 5.74) is 3.83. The van der Waals surface area contributed by atoms with Gasteiger partial charge in [0.05, 0.1) is 11.2 Å². The molecule has 3 aliphatic rings. The second-order valence-corrected chi connectivity index (χ2v) is 9.95. The predicted octanol–water partition coefficient (Wildman–Crippen LogP) is 3.12. The van der Waals surface area contributed by atoms with Crippen molar-refractivity contribution >= 4 is 28.6 Å². The Labute approximate surface area is 213 Å². The van der Waals surface area contributed by atoms with Crippen LogP contribution in [0.15, 0.2) is 48.5 Å². The molecule has 3 amide bonds. The fourth-order valence-corrected chi connectivity index (χ4v) is 5.50. The zero-order valence-electron chi connectivity index (χ0n) is 20.3. The summed E-state index contributed by atoms with van der Waals surface area (Å²) in [7, 11) is 0. The van der Waals surface area contributed by atoms with Crippen LogP contribution in [0.2, 0.25) is 0 Å². The van der Waals surface area contributed by atoms with Crippen molar-refractivity contribution in [2.24, 2.45) is 0 Å². The maximum absolute atomic E-state index is 12.9. The summed E-state index contributed by atoms with van der Waals surface area (Å²) < 4.78 is 19.2. The van der Waals surface area contributed by atoms with Crippen LogP contribution in [0.25, 0.3) is 10.9 Å². The van der Waals surface area contributed by atoms with E-state index in [4.69, 9.17) is 4.74 Å². The topological polar surface area (TPSA) is 91.8 Å². The number of likely N-dealkylation sites (tertiary alicyclic amines) is 1. The van der Waals surface area contributed by atoms with Crippen molar-refractivity contribution in [2.45, 2.75) is 51.2 Å². The summed E-state index contributed by atoms with van der Waals surface area (Å²) >= 11 is 0. The first kappa shape index (κ1) is 23.5. The van der Waals surface area contributed by atoms with Gasteiger partial charge in [0, 0.05) is 43.5 Å². The van der Waals surface area contributed by atoms with E-state index in [1.807, 2.05) is 30.3 Å². The van der Waals surface area contributed by atoms with Gasteiger partial charge in [0.1, 0.15) is 24.6 Å². The van der Waals surface area contributed by atoms with Crippen molar-refractivity contribution < 1.29 is 23.5 Å². The molecule has 4 heterocycles. The lowest BCUT2D eigenvalue weighted by atomic mass is 10.0. The summed E-state index contributed by atoms with van der Waals surface area (Å²) in [6.45, 7) is 2.26. The number of amides is 3. The molecule has 2 fully saturated rings. The Kier molecular flexibility index (Phi) is 6.08. The maximum atomic E-state index is 12.9. The Morgan fingerprint density at radius 2 is 1.95 bits per heavy atom. The third-order valence-electron chi connectivity index (χ3n) is 7.38. The number of imide groups is 1. The molecule has 0 bridgehead atoms. The molecule has 3 aliphatic heterocycles. The second kappa shape index (κ2) is 9.55. The van der Waals surface area contributed by atoms with Crippen LogP contribution >= 0.6 is 0 Å². The lowest BCUT2D eigenvalue weighted by Gasteiger charge is -2.29. The molecule has 190 valence electrons. The molecule has 37 heavy (non-hydrogen) atoms. The molecule has 2 atom stereocenters. The highest BCUT2D eigenvalue weighted by Gasteiger charge is 2.39. The normalized spacial score (nSPS) is 22.0. The van der Waals surface area contributed by atoms with Crippen molar-refractivity contribution in [3.05, 3.63) is 70.9 Å². The Bertz CT molecular complexity index is 1410. The first-order valence-corrected chi connectivity index (χ1v) is 12.6. The zero-order valence-corrected chi connectivity index (χ0v) is 20.3. The molecule has 9 heteroatoms. The number of hydrogen-bond donors (Lipinski definition) is 1. The molecule has 2 aromatic carbocycles. The van der Waals surface area contributed by atoms with Crippen LogP contribution in [0.4, 0.5) is 4.39 Å². The van der Waals surface area contributed by atoms with E-state index in [1.54, 1.807) is 17.0 Å². The minimum Gasteiger partial charge on any atom is -0.489 e. The lowest BCUT2D eigenvalue weighted by Crippen LogP contribution is -2.52. The van der Waals surface area contributed by atoms with E-state index in [-0.39, 0.29) is 24.3 Å². The number of pyridine rings is 1. The van der Waals surface area contributed by atoms with Crippen LogP contribution < -0.4 is 10.1 Å². The van der Waals surface area contributed by atoms with Gasteiger partial charge in [-0.25, -0.2) is 4.39 Å². The smallest absolute Gasteiger partial charge is 0.255 e. The molecule has 2 saturated heterocycles. The molecule has 0 aliphatic carbocycles. The number of hydrogen-bond acceptors (Lipinski definition) is 6. The first-order chi connectivity index (χ1) is 18.0. The maximum Gasteiger partial charge on any atom is 0.255 e. The Morgan fingerprint density at radius 3 is 2.78 bits per heavy atom. The highest BCUT2D eigenvalue weighted by Crippen LogP contribution is 2.31. The number of ether oxygens (including phenoxy) is 1. The van der Waals surface area contributed by atoms with Gasteiger partial charge >= 0.3 is 0 Å². The third-order valence-corrected chi connectivity index (χ3v) is 7.38. The highest BCUT2D eigenvalue weighted by atomic mass is 19.1. The predicted molar refractivity (Wildman–Crippen MR) is 133 cm³/mol. The van der Waals surface area contributed by atoms with Gasteiger partial charge in [0.25, 0.3) is 5.91 Å². The van der Waals surface area contributed by atoms with Gasteiger partial charge in [-0.3, -0.25) is 29.6 Å². The van der Waals surface area contributed by atoms with Crippen molar-refractivity contribution in [3.8, 4) is 5.75 Å². The minimum absolute atomic E-state index is 0.0376. The number of carbonyl (C=O) groups is 3. The van der Waals surface area contributed by atoms with Gasteiger partial charge in [0.2, 0.25) is 11.8 Å². The molecule has 0 spiro atoms. The van der Waals surface area contributed by atoms with Crippen molar-refractivity contribution in [1.29, 1.82) is 0 Å². The van der Waals surface area contributed by atoms with Gasteiger partial charge in [0.15, 0.2) is 0 Å². The third kappa shape index (κ3) is 4.67. The summed E-state index contributed by atoms with van der Waals surface area (Å²) in [6, 6.07) is 14.6. The van der Waals surface area contributed by atoms with Crippen LogP contribution in [0.5, 0.6) is 5.75 Å². The van der Waals surface area contributed by atoms with Gasteiger partial charge in [-0.15, -0.1) is 0 Å². The largest absolute Gasteiger partial charge is 0.489 e. The van der Waals surface area contributed by atoms with Gasteiger partial charge in [-0.05, 0) is 60.4 Å². The fourth-order valence-electron chi connectivity index (χ4n) is 5.50. The van der Waals surface area contributed by atoms with Crippen LogP contribution in [-0.4, -0.2) is 57.7 Å². The van der Waals surface area contributed by atoms with E-state index >= 15 is 0 Å². The molecule has 8 nitrogen and oxygen atoms in total. The number of nitrogens with one attached hydrogen (secondary N) is 1. The quantitative estimate of drug-likeness (QED) is 0.521. The summed E-state index contributed by atoms with van der Waals surface area (Å²) in [5.74, 6) is -0.179. The number of nitrogens with zero attached hydrogens (tertiary/aromatic N) is 3. The monoisotopic (exact) mass is 502 g/mol. The van der Waals surface area contributed by atoms with Gasteiger partial charge in [-0.1, -0.05) is 12.1 Å². The average molecular weight is 503 g/mol. The molecular weight excluding hydrogens is 475 g/mol. The SMILES string of the molecule is O=C1CCC(N2Cc3cc(O[C@H]4CCN(Cc5ccc6nc(CF)ccc6c5)C4)ccc3C2=O)C(=O)N1. The Balaban J connectivity index is 1.07. The molecule has 6 rings (SSSR count). The van der Waals surface area contributed by atoms with E-state index in [0.29, 0.717) is 30.0 Å². The number of benzene rings is 2. The van der Waals surface area contributed by atoms with Crippen LogP contribution in [0, 0.1) is 0 Å². The average Bonchev–Trinajstić information content (AvgIpc) is 3.47. The van der Waals surface area contributed by atoms with E-state index in [9.17, 15) is 18.8 Å². The highest BCUT2D eigenvalue weighted by molar-refractivity contribution is 6.05. The van der Waals surface area contributed by atoms with E-state index in [2.05, 4.69) is 21.3 Å². The van der Waals surface area contributed by atoms with E-state index in [1.165, 1.54) is 5.56 Å². The number of piperidine rings is 1. The molecule has 1 N–H and O–H groups in total. The zero-order chi connectivity index (χ0) is 25.5. The summed E-state index contributed by atoms with van der Waals surface area (Å²) in [6.07, 6.45) is 1.51. The number of alkyl halides is 1. The molecule has 3 aromatic rings. The summed E-state index contributed by atoms with van der Waals surface area (Å²) in [5, 5.41) is 3.33. The van der Waals surface area contributed by atoms with Crippen molar-refractivity contribution in [3.63, 3.8) is 0 Å². The van der Waals surface area contributed by atoms with Gasteiger partial charge in [-0.2, -0.15) is 0 Å². The van der Waals surface area contributed by atoms with E-state index in [0.717, 1.165) is 42.5 Å². The van der Waals surface area contributed by atoms with Crippen molar-refractivity contribution in [2.75, 3.05) is 13.1 Å². The standard InChI is InChI=1S/C28H27FN4O4/c29-13-20-3-2-18-11-17(1-6-24(18)30-20)14-32-10-9-22(16-32)37-21-4-5-23-19(12-21)15-33(28(23)36)25-7-8-26(34)31-27(25)35/h1-6,11-12,22,25H,7-10,13-16H2,(H,31,34,35)/t22-,25?/m0/s1. The van der Waals surface area contributed by atoms with Crippen LogP contribution in [-0.2, 0) is 29.4 Å². The molecule has 0 saturated carbocycles. The number of rotatable bonds is 6. The molecule has 1 unspecified atom stereocenters. The van der Waals surface area contributed by atoms with Gasteiger partial charge < -0.3 is 9.64 Å². The Morgan fingerprint density at radius 1 is 1.05 bits per heavy atom. The van der Waals surface area contributed by atoms with Crippen LogP contribution in [0.1, 0.15) is 46.4 Å². The van der Waals surface area contributed by atoms with E-state index < -0.39 is 18.6 Å². The van der Waals surface area contributed by atoms with Crippen molar-refractivity contribution in [1.82, 2.24) is 20.1 Å². The minimum atomic E-state index is -0.623. The van der Waals surface area contributed by atoms with Crippen LogP contribution in [0.3, 0.4) is 0 Å². The number of carbonyl (C=O) groups excluding carboxylic acids is 3. The number of aromatic nitrogens is 1. The molecule has 1 aromatic heterocycles. The number of fused-ring (bicyclic) bond motifs is 2. The molecule has 0 radical (unpaired) electrons. The first-order valence-electron chi connectivity index (χ1n) is 12.6. The summed E-state index contributed by atoms with van der Waals surface area (Å²) in [4.78, 5) is 44.9. The second-order valence-electron chi connectivity index (χ2n) is 9.95. The molecular formula is C28H27FN4O4. The number of halogens is 1. The lowest BCUT2D eigenvalue weighted by molar-refractivity contribution is -0.136. The fraction of sp³-hybridized carbons (Fsp3) is 0.357. The Hall–Kier alpha value is -3.85.